The minimum absolute atomic E-state index is 0.00727. The van der Waals surface area contributed by atoms with Crippen LogP contribution < -0.4 is 5.32 Å². The van der Waals surface area contributed by atoms with Crippen LogP contribution in [0.3, 0.4) is 0 Å². The third kappa shape index (κ3) is 3.03. The van der Waals surface area contributed by atoms with Gasteiger partial charge in [-0.05, 0) is 24.1 Å². The highest BCUT2D eigenvalue weighted by atomic mass is 16.1. The summed E-state index contributed by atoms with van der Waals surface area (Å²) >= 11 is 0. The zero-order valence-electron chi connectivity index (χ0n) is 14.6. The van der Waals surface area contributed by atoms with E-state index < -0.39 is 0 Å². The van der Waals surface area contributed by atoms with Gasteiger partial charge in [0.15, 0.2) is 0 Å². The maximum Gasteiger partial charge on any atom is 0.231 e. The Hall–Kier alpha value is -2.09. The van der Waals surface area contributed by atoms with Crippen molar-refractivity contribution >= 4 is 5.91 Å². The van der Waals surface area contributed by atoms with E-state index in [1.54, 1.807) is 0 Å². The fourth-order valence-corrected chi connectivity index (χ4v) is 3.02. The molecule has 3 rings (SSSR count). The summed E-state index contributed by atoms with van der Waals surface area (Å²) < 4.78 is 0. The molecule has 0 fully saturated rings. The molecule has 3 aliphatic rings. The van der Waals surface area contributed by atoms with E-state index in [4.69, 9.17) is 0 Å². The third-order valence-electron chi connectivity index (χ3n) is 4.74. The monoisotopic (exact) mass is 307 g/mol. The topological polar surface area (TPSA) is 29.1 Å². The van der Waals surface area contributed by atoms with Crippen molar-refractivity contribution in [2.24, 2.45) is 16.7 Å². The van der Waals surface area contributed by atoms with Crippen LogP contribution in [0.15, 0.2) is 71.0 Å². The summed E-state index contributed by atoms with van der Waals surface area (Å²) in [6, 6.07) is 0. The summed E-state index contributed by atoms with van der Waals surface area (Å²) in [5.74, 6) is -0.112. The largest absolute Gasteiger partial charge is 0.325 e. The highest BCUT2D eigenvalue weighted by molar-refractivity contribution is 5.87. The lowest BCUT2D eigenvalue weighted by molar-refractivity contribution is -0.122. The van der Waals surface area contributed by atoms with Crippen molar-refractivity contribution in [1.82, 2.24) is 5.32 Å². The lowest BCUT2D eigenvalue weighted by atomic mass is 9.90. The van der Waals surface area contributed by atoms with Crippen LogP contribution in [0.4, 0.5) is 0 Å². The maximum atomic E-state index is 12.6. The summed E-state index contributed by atoms with van der Waals surface area (Å²) in [7, 11) is 0. The second-order valence-corrected chi connectivity index (χ2v) is 7.88. The van der Waals surface area contributed by atoms with Gasteiger partial charge in [-0.2, -0.15) is 0 Å². The lowest BCUT2D eigenvalue weighted by Crippen LogP contribution is -2.27. The molecular weight excluding hydrogens is 282 g/mol. The second-order valence-electron chi connectivity index (χ2n) is 7.88. The summed E-state index contributed by atoms with van der Waals surface area (Å²) in [5, 5.41) is 3.10. The highest BCUT2D eigenvalue weighted by Crippen LogP contribution is 2.37. The van der Waals surface area contributed by atoms with Crippen LogP contribution in [0.2, 0.25) is 0 Å². The van der Waals surface area contributed by atoms with Gasteiger partial charge in [0, 0.05) is 22.1 Å². The van der Waals surface area contributed by atoms with Gasteiger partial charge in [-0.3, -0.25) is 4.79 Å². The molecule has 0 aromatic heterocycles. The molecule has 0 spiro atoms. The van der Waals surface area contributed by atoms with Gasteiger partial charge in [0.05, 0.1) is 5.92 Å². The Morgan fingerprint density at radius 1 is 0.826 bits per heavy atom. The van der Waals surface area contributed by atoms with Gasteiger partial charge >= 0.3 is 0 Å². The number of carbonyl (C=O) groups excluding carboxylic acids is 1. The molecule has 0 radical (unpaired) electrons. The number of hydrogen-bond acceptors (Lipinski definition) is 1. The van der Waals surface area contributed by atoms with Crippen LogP contribution in [-0.4, -0.2) is 5.91 Å². The normalized spacial score (nSPS) is 27.9. The van der Waals surface area contributed by atoms with Crippen molar-refractivity contribution in [2.45, 2.75) is 34.6 Å². The van der Waals surface area contributed by atoms with Gasteiger partial charge in [0.1, 0.15) is 0 Å². The van der Waals surface area contributed by atoms with E-state index in [2.05, 4.69) is 75.5 Å². The Balaban J connectivity index is 2.23. The van der Waals surface area contributed by atoms with E-state index in [1.165, 1.54) is 0 Å². The van der Waals surface area contributed by atoms with Crippen molar-refractivity contribution in [2.75, 3.05) is 0 Å². The molecule has 1 unspecified atom stereocenters. The molecule has 120 valence electrons. The SMILES string of the molecule is CC1C(=O)NC2=C(C=CC(C)(C)C=C2)C2=C1C=CC(C)(C)C=C2. The van der Waals surface area contributed by atoms with Crippen LogP contribution in [0, 0.1) is 16.7 Å². The summed E-state index contributed by atoms with van der Waals surface area (Å²) in [4.78, 5) is 12.6. The van der Waals surface area contributed by atoms with Gasteiger partial charge < -0.3 is 5.32 Å². The second kappa shape index (κ2) is 5.23. The third-order valence-corrected chi connectivity index (χ3v) is 4.74. The number of fused-ring (bicyclic) bond motifs is 1. The zero-order chi connectivity index (χ0) is 16.8. The molecule has 0 saturated carbocycles. The predicted molar refractivity (Wildman–Crippen MR) is 95.5 cm³/mol. The van der Waals surface area contributed by atoms with Crippen LogP contribution in [0.5, 0.6) is 0 Å². The van der Waals surface area contributed by atoms with Crippen LogP contribution >= 0.6 is 0 Å². The number of nitrogens with one attached hydrogen (secondary N) is 1. The van der Waals surface area contributed by atoms with E-state index in [-0.39, 0.29) is 22.7 Å². The quantitative estimate of drug-likeness (QED) is 0.696. The molecule has 1 heterocycles. The van der Waals surface area contributed by atoms with Crippen LogP contribution in [0.25, 0.3) is 0 Å². The Morgan fingerprint density at radius 3 is 2.00 bits per heavy atom. The number of hydrogen-bond donors (Lipinski definition) is 1. The summed E-state index contributed by atoms with van der Waals surface area (Å²) in [5.41, 5.74) is 4.20. The first kappa shape index (κ1) is 15.8. The zero-order valence-corrected chi connectivity index (χ0v) is 14.6. The fraction of sp³-hybridized carbons (Fsp3) is 0.381. The number of amides is 1. The molecule has 1 atom stereocenters. The minimum Gasteiger partial charge on any atom is -0.325 e. The highest BCUT2D eigenvalue weighted by Gasteiger charge is 2.28. The van der Waals surface area contributed by atoms with Gasteiger partial charge in [-0.1, -0.05) is 70.2 Å². The van der Waals surface area contributed by atoms with Gasteiger partial charge in [-0.25, -0.2) is 0 Å². The number of allylic oxidation sites excluding steroid dienone is 10. The molecule has 1 aliphatic heterocycles. The van der Waals surface area contributed by atoms with Crippen molar-refractivity contribution in [1.29, 1.82) is 0 Å². The van der Waals surface area contributed by atoms with Crippen LogP contribution in [0.1, 0.15) is 34.6 Å². The van der Waals surface area contributed by atoms with E-state index in [0.717, 1.165) is 22.4 Å². The first-order valence-electron chi connectivity index (χ1n) is 8.25. The Bertz CT molecular complexity index is 736. The van der Waals surface area contributed by atoms with E-state index >= 15 is 0 Å². The predicted octanol–water partition coefficient (Wildman–Crippen LogP) is 4.61. The summed E-state index contributed by atoms with van der Waals surface area (Å²) in [6.45, 7) is 10.7. The van der Waals surface area contributed by atoms with Crippen LogP contribution in [-0.2, 0) is 4.79 Å². The first-order chi connectivity index (χ1) is 10.7. The van der Waals surface area contributed by atoms with E-state index in [0.29, 0.717) is 0 Å². The Kier molecular flexibility index (Phi) is 3.59. The Morgan fingerprint density at radius 2 is 1.35 bits per heavy atom. The lowest BCUT2D eigenvalue weighted by Gasteiger charge is -2.15. The minimum atomic E-state index is -0.165. The molecule has 2 heteroatoms. The van der Waals surface area contributed by atoms with Crippen molar-refractivity contribution in [3.05, 3.63) is 71.0 Å². The van der Waals surface area contributed by atoms with E-state index in [1.807, 2.05) is 13.0 Å². The molecule has 0 aromatic rings. The van der Waals surface area contributed by atoms with Gasteiger partial charge in [0.25, 0.3) is 0 Å². The van der Waals surface area contributed by atoms with E-state index in [9.17, 15) is 4.79 Å². The summed E-state index contributed by atoms with van der Waals surface area (Å²) in [6.07, 6.45) is 17.2. The average Bonchev–Trinajstić information content (AvgIpc) is 2.74. The van der Waals surface area contributed by atoms with Gasteiger partial charge in [0.2, 0.25) is 5.91 Å². The molecule has 2 aliphatic carbocycles. The smallest absolute Gasteiger partial charge is 0.231 e. The molecule has 2 nitrogen and oxygen atoms in total. The average molecular weight is 307 g/mol. The molecule has 1 amide bonds. The molecule has 0 saturated heterocycles. The number of rotatable bonds is 0. The molecule has 23 heavy (non-hydrogen) atoms. The number of carbonyl (C=O) groups is 1. The molecule has 1 N–H and O–H groups in total. The molecule has 0 aromatic carbocycles. The van der Waals surface area contributed by atoms with Crippen molar-refractivity contribution in [3.63, 3.8) is 0 Å². The van der Waals surface area contributed by atoms with Crippen molar-refractivity contribution in [3.8, 4) is 0 Å². The standard InChI is InChI=1S/C21H25NO/c1-14-15-6-10-20(2,3)11-7-16(15)17-8-12-21(4,5)13-9-18(17)22-19(14)23/h6-14H,1-5H3,(H,22,23). The fourth-order valence-electron chi connectivity index (χ4n) is 3.02. The Labute approximate surface area is 139 Å². The molecule has 0 bridgehead atoms. The van der Waals surface area contributed by atoms with Gasteiger partial charge in [-0.15, -0.1) is 0 Å². The first-order valence-corrected chi connectivity index (χ1v) is 8.25. The van der Waals surface area contributed by atoms with Crippen molar-refractivity contribution < 1.29 is 4.79 Å². The molecular formula is C21H25NO. The maximum absolute atomic E-state index is 12.6.